The Morgan fingerprint density at radius 2 is 0.841 bits per heavy atom. The number of hydrogen-bond acceptors (Lipinski definition) is 4. The Bertz CT molecular complexity index is 645. The number of esters is 1. The summed E-state index contributed by atoms with van der Waals surface area (Å²) in [7, 11) is 0. The molecular weight excluding hydrogens is 542 g/mol. The highest BCUT2D eigenvalue weighted by molar-refractivity contribution is 5.76. The maximum absolute atomic E-state index is 12.4. The normalized spacial score (nSPS) is 14.0. The second-order valence-electron chi connectivity index (χ2n) is 13.4. The van der Waals surface area contributed by atoms with E-state index in [-0.39, 0.29) is 6.10 Å². The molecule has 3 unspecified atom stereocenters. The van der Waals surface area contributed by atoms with Crippen molar-refractivity contribution >= 4 is 5.97 Å². The summed E-state index contributed by atoms with van der Waals surface area (Å²) in [6.45, 7) is 6.10. The van der Waals surface area contributed by atoms with Gasteiger partial charge in [-0.15, -0.1) is 0 Å². The highest BCUT2D eigenvalue weighted by Crippen LogP contribution is 2.18. The highest BCUT2D eigenvalue weighted by atomic mass is 16.5. The van der Waals surface area contributed by atoms with Crippen molar-refractivity contribution in [1.29, 1.82) is 0 Å². The smallest absolute Gasteiger partial charge is 0.325 e. The van der Waals surface area contributed by atoms with Crippen LogP contribution in [0.1, 0.15) is 207 Å². The van der Waals surface area contributed by atoms with E-state index in [0.717, 1.165) is 25.7 Å². The number of ether oxygens (including phenoxy) is 1. The third-order valence-corrected chi connectivity index (χ3v) is 8.90. The number of aliphatic hydroxyl groups is 1. The third-order valence-electron chi connectivity index (χ3n) is 8.90. The number of allylic oxidation sites excluding steroid dienone is 4. The fourth-order valence-electron chi connectivity index (χ4n) is 5.76. The van der Waals surface area contributed by atoms with Crippen molar-refractivity contribution in [3.05, 3.63) is 24.3 Å². The first kappa shape index (κ1) is 42.9. The lowest BCUT2D eigenvalue weighted by Gasteiger charge is -2.21. The molecule has 260 valence electrons. The van der Waals surface area contributed by atoms with Crippen LogP contribution in [0.25, 0.3) is 0 Å². The first-order chi connectivity index (χ1) is 21.5. The molecule has 0 aliphatic rings. The van der Waals surface area contributed by atoms with Crippen molar-refractivity contribution in [2.24, 2.45) is 5.73 Å². The van der Waals surface area contributed by atoms with Crippen LogP contribution in [0.2, 0.25) is 0 Å². The monoisotopic (exact) mass is 620 g/mol. The highest BCUT2D eigenvalue weighted by Gasteiger charge is 2.23. The zero-order chi connectivity index (χ0) is 32.4. The van der Waals surface area contributed by atoms with Crippen molar-refractivity contribution < 1.29 is 14.6 Å². The van der Waals surface area contributed by atoms with Gasteiger partial charge >= 0.3 is 5.97 Å². The van der Waals surface area contributed by atoms with E-state index in [4.69, 9.17) is 10.5 Å². The van der Waals surface area contributed by atoms with E-state index >= 15 is 0 Å². The van der Waals surface area contributed by atoms with Crippen LogP contribution in [-0.4, -0.2) is 29.3 Å². The van der Waals surface area contributed by atoms with Crippen LogP contribution < -0.4 is 5.73 Å². The van der Waals surface area contributed by atoms with Crippen LogP contribution in [0.5, 0.6) is 0 Å². The molecule has 0 heterocycles. The molecule has 0 amide bonds. The van der Waals surface area contributed by atoms with Gasteiger partial charge in [0.25, 0.3) is 0 Å². The lowest BCUT2D eigenvalue weighted by atomic mass is 10.0. The van der Waals surface area contributed by atoms with E-state index < -0.39 is 18.1 Å². The van der Waals surface area contributed by atoms with Crippen LogP contribution in [0.15, 0.2) is 24.3 Å². The largest absolute Gasteiger partial charge is 0.461 e. The quantitative estimate of drug-likeness (QED) is 0.0427. The molecule has 0 aromatic carbocycles. The van der Waals surface area contributed by atoms with Crippen LogP contribution in [0.4, 0.5) is 0 Å². The maximum atomic E-state index is 12.4. The average molecular weight is 620 g/mol. The topological polar surface area (TPSA) is 72.5 Å². The molecule has 0 aliphatic heterocycles. The first-order valence-electron chi connectivity index (χ1n) is 19.5. The molecule has 0 saturated carbocycles. The van der Waals surface area contributed by atoms with Gasteiger partial charge in [0, 0.05) is 0 Å². The van der Waals surface area contributed by atoms with Crippen LogP contribution in [0, 0.1) is 0 Å². The minimum atomic E-state index is -0.952. The van der Waals surface area contributed by atoms with Crippen molar-refractivity contribution in [2.45, 2.75) is 225 Å². The molecule has 44 heavy (non-hydrogen) atoms. The van der Waals surface area contributed by atoms with Crippen molar-refractivity contribution in [2.75, 3.05) is 0 Å². The summed E-state index contributed by atoms with van der Waals surface area (Å²) in [4.78, 5) is 12.4. The standard InChI is InChI=1S/C40H77NO3/c1-4-6-8-10-12-14-16-18-20-22-24-26-28-30-32-34-36-38(44-40(43)39(41)37(3)42)35-33-31-29-27-25-23-21-19-17-15-13-11-9-7-5-2/h18-21,37-39,42H,4-17,22-36,41H2,1-3H3. The van der Waals surface area contributed by atoms with E-state index in [0.29, 0.717) is 0 Å². The molecule has 0 fully saturated rings. The molecule has 4 heteroatoms. The minimum absolute atomic E-state index is 0.0750. The number of unbranched alkanes of at least 4 members (excludes halogenated alkanes) is 23. The van der Waals surface area contributed by atoms with Gasteiger partial charge in [-0.05, 0) is 84.0 Å². The molecule has 0 bridgehead atoms. The predicted molar refractivity (Wildman–Crippen MR) is 193 cm³/mol. The average Bonchev–Trinajstić information content (AvgIpc) is 3.01. The van der Waals surface area contributed by atoms with E-state index in [2.05, 4.69) is 38.2 Å². The first-order valence-corrected chi connectivity index (χ1v) is 19.5. The zero-order valence-electron chi connectivity index (χ0n) is 29.9. The molecule has 4 nitrogen and oxygen atoms in total. The van der Waals surface area contributed by atoms with Gasteiger partial charge in [-0.1, -0.05) is 147 Å². The number of hydrogen-bond donors (Lipinski definition) is 2. The Morgan fingerprint density at radius 3 is 1.16 bits per heavy atom. The lowest BCUT2D eigenvalue weighted by Crippen LogP contribution is -2.42. The third kappa shape index (κ3) is 30.9. The molecule has 0 aromatic rings. The Labute approximate surface area is 275 Å². The molecule has 0 rings (SSSR count). The van der Waals surface area contributed by atoms with E-state index in [1.54, 1.807) is 6.92 Å². The number of nitrogens with two attached hydrogens (primary N) is 1. The fourth-order valence-corrected chi connectivity index (χ4v) is 5.76. The number of carbonyl (C=O) groups is 1. The second kappa shape index (κ2) is 34.7. The molecule has 0 aliphatic carbocycles. The molecular formula is C40H77NO3. The van der Waals surface area contributed by atoms with Gasteiger partial charge in [-0.2, -0.15) is 0 Å². The summed E-state index contributed by atoms with van der Waals surface area (Å²) in [6, 6.07) is -0.952. The Kier molecular flexibility index (Phi) is 33.8. The SMILES string of the molecule is CCCCCCCCC=CCCCCCCCCC(CCCCCCCC=CCCCCCCCC)OC(=O)C(N)C(C)O. The summed E-state index contributed by atoms with van der Waals surface area (Å²) in [5, 5.41) is 9.71. The Morgan fingerprint density at radius 1 is 0.545 bits per heavy atom. The fraction of sp³-hybridized carbons (Fsp3) is 0.875. The molecule has 0 saturated heterocycles. The molecule has 0 spiro atoms. The van der Waals surface area contributed by atoms with Crippen LogP contribution >= 0.6 is 0 Å². The van der Waals surface area contributed by atoms with Crippen LogP contribution in [-0.2, 0) is 9.53 Å². The van der Waals surface area contributed by atoms with Gasteiger partial charge in [-0.3, -0.25) is 4.79 Å². The Hall–Kier alpha value is -1.13. The van der Waals surface area contributed by atoms with Gasteiger partial charge < -0.3 is 15.6 Å². The van der Waals surface area contributed by atoms with E-state index in [1.807, 2.05) is 0 Å². The zero-order valence-corrected chi connectivity index (χ0v) is 29.9. The number of carbonyl (C=O) groups excluding carboxylic acids is 1. The predicted octanol–water partition coefficient (Wildman–Crippen LogP) is 12.1. The number of aliphatic hydroxyl groups excluding tert-OH is 1. The van der Waals surface area contributed by atoms with Gasteiger partial charge in [0.05, 0.1) is 6.10 Å². The van der Waals surface area contributed by atoms with Crippen LogP contribution in [0.3, 0.4) is 0 Å². The molecule has 0 radical (unpaired) electrons. The summed E-state index contributed by atoms with van der Waals surface area (Å²) in [5.74, 6) is -0.456. The van der Waals surface area contributed by atoms with Gasteiger partial charge in [-0.25, -0.2) is 0 Å². The van der Waals surface area contributed by atoms with Crippen molar-refractivity contribution in [3.8, 4) is 0 Å². The molecule has 0 aromatic heterocycles. The van der Waals surface area contributed by atoms with E-state index in [9.17, 15) is 9.90 Å². The molecule has 3 atom stereocenters. The van der Waals surface area contributed by atoms with Gasteiger partial charge in [0.2, 0.25) is 0 Å². The van der Waals surface area contributed by atoms with Gasteiger partial charge in [0.1, 0.15) is 12.1 Å². The van der Waals surface area contributed by atoms with Gasteiger partial charge in [0.15, 0.2) is 0 Å². The summed E-state index contributed by atoms with van der Waals surface area (Å²) >= 11 is 0. The summed E-state index contributed by atoms with van der Waals surface area (Å²) in [5.41, 5.74) is 5.85. The maximum Gasteiger partial charge on any atom is 0.325 e. The lowest BCUT2D eigenvalue weighted by molar-refractivity contribution is -0.154. The van der Waals surface area contributed by atoms with Crippen molar-refractivity contribution in [1.82, 2.24) is 0 Å². The second-order valence-corrected chi connectivity index (χ2v) is 13.4. The summed E-state index contributed by atoms with van der Waals surface area (Å²) in [6.07, 6.45) is 45.2. The van der Waals surface area contributed by atoms with E-state index in [1.165, 1.54) is 161 Å². The number of rotatable bonds is 34. The van der Waals surface area contributed by atoms with Crippen molar-refractivity contribution in [3.63, 3.8) is 0 Å². The summed E-state index contributed by atoms with van der Waals surface area (Å²) < 4.78 is 5.78. The molecule has 3 N–H and O–H groups in total. The minimum Gasteiger partial charge on any atom is -0.461 e. The Balaban J connectivity index is 3.95.